The molecule has 1 fully saturated rings. The molecule has 4 heterocycles. The van der Waals surface area contributed by atoms with Crippen molar-refractivity contribution in [1.82, 2.24) is 34.8 Å². The number of para-hydroxylation sites is 1. The van der Waals surface area contributed by atoms with Crippen molar-refractivity contribution in [2.24, 2.45) is 0 Å². The largest absolute Gasteiger partial charge is 0.332 e. The van der Waals surface area contributed by atoms with Gasteiger partial charge in [0.05, 0.1) is 22.9 Å². The predicted molar refractivity (Wildman–Crippen MR) is 118 cm³/mol. The van der Waals surface area contributed by atoms with E-state index in [1.54, 1.807) is 0 Å². The lowest BCUT2D eigenvalue weighted by Crippen LogP contribution is -2.32. The number of fused-ring (bicyclic) bond motifs is 2. The number of nitrogens with one attached hydrogen (secondary N) is 1. The van der Waals surface area contributed by atoms with Gasteiger partial charge in [0.25, 0.3) is 5.89 Å². The van der Waals surface area contributed by atoms with E-state index >= 15 is 0 Å². The molecule has 0 radical (unpaired) electrons. The summed E-state index contributed by atoms with van der Waals surface area (Å²) in [5.41, 5.74) is 4.55. The average Bonchev–Trinajstić information content (AvgIpc) is 3.56. The van der Waals surface area contributed by atoms with Gasteiger partial charge >= 0.3 is 0 Å². The highest BCUT2D eigenvalue weighted by atomic mass is 16.5. The van der Waals surface area contributed by atoms with E-state index in [1.165, 1.54) is 32.4 Å². The lowest BCUT2D eigenvalue weighted by molar-refractivity contribution is 0.221. The van der Waals surface area contributed by atoms with Gasteiger partial charge in [-0.3, -0.25) is 5.10 Å². The second-order valence-electron chi connectivity index (χ2n) is 8.08. The molecule has 8 nitrogen and oxygen atoms in total. The fraction of sp³-hybridized carbons (Fsp3) is 0.304. The summed E-state index contributed by atoms with van der Waals surface area (Å²) in [6, 6.07) is 14.0. The summed E-state index contributed by atoms with van der Waals surface area (Å²) in [7, 11) is 0. The van der Waals surface area contributed by atoms with Crippen LogP contribution in [0.5, 0.6) is 0 Å². The molecule has 0 unspecified atom stereocenters. The molecule has 1 N–H and O–H groups in total. The Balaban J connectivity index is 1.25. The zero-order chi connectivity index (χ0) is 20.6. The van der Waals surface area contributed by atoms with Crippen molar-refractivity contribution >= 4 is 21.9 Å². The third-order valence-corrected chi connectivity index (χ3v) is 6.08. The van der Waals surface area contributed by atoms with Crippen LogP contribution in [0.15, 0.2) is 53.3 Å². The molecule has 0 saturated carbocycles. The molecule has 6 rings (SSSR count). The summed E-state index contributed by atoms with van der Waals surface area (Å²) in [6.45, 7) is 4.44. The van der Waals surface area contributed by atoms with Crippen LogP contribution in [0.25, 0.3) is 44.9 Å². The van der Waals surface area contributed by atoms with E-state index in [9.17, 15) is 0 Å². The summed E-state index contributed by atoms with van der Waals surface area (Å²) in [5, 5.41) is 12.5. The summed E-state index contributed by atoms with van der Waals surface area (Å²) in [4.78, 5) is 11.7. The number of piperidine rings is 1. The van der Waals surface area contributed by atoms with Gasteiger partial charge in [0.15, 0.2) is 5.69 Å². The van der Waals surface area contributed by atoms with Crippen LogP contribution in [0.1, 0.15) is 19.3 Å². The van der Waals surface area contributed by atoms with E-state index in [1.807, 2.05) is 42.7 Å². The highest BCUT2D eigenvalue weighted by Gasteiger charge is 2.17. The Morgan fingerprint density at radius 3 is 2.84 bits per heavy atom. The topological polar surface area (TPSA) is 88.7 Å². The molecule has 0 amide bonds. The zero-order valence-corrected chi connectivity index (χ0v) is 17.2. The number of imidazole rings is 1. The van der Waals surface area contributed by atoms with E-state index < -0.39 is 0 Å². The Hall–Kier alpha value is -3.52. The Bertz CT molecular complexity index is 1340. The molecular formula is C23H23N7O. The fourth-order valence-corrected chi connectivity index (χ4v) is 4.38. The van der Waals surface area contributed by atoms with Crippen molar-refractivity contribution in [3.8, 4) is 23.0 Å². The summed E-state index contributed by atoms with van der Waals surface area (Å²) in [6.07, 6.45) is 5.92. The molecule has 0 spiro atoms. The Morgan fingerprint density at radius 1 is 1.00 bits per heavy atom. The third-order valence-electron chi connectivity index (χ3n) is 6.08. The monoisotopic (exact) mass is 413 g/mol. The standard InChI is InChI=1S/C23H23N7O/c1-4-10-29(11-5-1)12-13-30-15-24-19-14-16(8-9-20(19)30)22-25-23(31-28-22)21-17-6-2-3-7-18(17)26-27-21/h2-3,6-9,14-15H,1,4-5,10-13H2,(H,26,27). The molecule has 0 atom stereocenters. The summed E-state index contributed by atoms with van der Waals surface area (Å²) < 4.78 is 7.75. The van der Waals surface area contributed by atoms with Crippen LogP contribution in [0, 0.1) is 0 Å². The van der Waals surface area contributed by atoms with Gasteiger partial charge < -0.3 is 14.0 Å². The Kier molecular flexibility index (Phi) is 4.49. The van der Waals surface area contributed by atoms with Gasteiger partial charge in [0.1, 0.15) is 0 Å². The van der Waals surface area contributed by atoms with Gasteiger partial charge in [-0.1, -0.05) is 29.8 Å². The minimum absolute atomic E-state index is 0.402. The quantitative estimate of drug-likeness (QED) is 0.466. The van der Waals surface area contributed by atoms with Gasteiger partial charge in [0, 0.05) is 24.0 Å². The van der Waals surface area contributed by atoms with E-state index in [4.69, 9.17) is 4.52 Å². The van der Waals surface area contributed by atoms with Gasteiger partial charge in [0.2, 0.25) is 5.82 Å². The minimum Gasteiger partial charge on any atom is -0.332 e. The van der Waals surface area contributed by atoms with Crippen LogP contribution in [-0.4, -0.2) is 54.4 Å². The van der Waals surface area contributed by atoms with Gasteiger partial charge in [-0.2, -0.15) is 10.1 Å². The number of aromatic nitrogens is 6. The number of likely N-dealkylation sites (tertiary alicyclic amines) is 1. The van der Waals surface area contributed by atoms with Crippen molar-refractivity contribution in [2.75, 3.05) is 19.6 Å². The smallest absolute Gasteiger partial charge is 0.279 e. The van der Waals surface area contributed by atoms with Crippen LogP contribution in [-0.2, 0) is 6.54 Å². The molecular weight excluding hydrogens is 390 g/mol. The zero-order valence-electron chi connectivity index (χ0n) is 17.2. The first-order chi connectivity index (χ1) is 15.3. The second-order valence-corrected chi connectivity index (χ2v) is 8.08. The van der Waals surface area contributed by atoms with Crippen LogP contribution in [0.3, 0.4) is 0 Å². The number of nitrogens with zero attached hydrogens (tertiary/aromatic N) is 6. The van der Waals surface area contributed by atoms with E-state index in [2.05, 4.69) is 40.9 Å². The molecule has 8 heteroatoms. The van der Waals surface area contributed by atoms with E-state index in [-0.39, 0.29) is 0 Å². The molecule has 1 saturated heterocycles. The maximum Gasteiger partial charge on any atom is 0.279 e. The van der Waals surface area contributed by atoms with Crippen molar-refractivity contribution in [3.05, 3.63) is 48.8 Å². The molecule has 31 heavy (non-hydrogen) atoms. The van der Waals surface area contributed by atoms with Gasteiger partial charge in [-0.15, -0.1) is 0 Å². The third kappa shape index (κ3) is 3.38. The first-order valence-electron chi connectivity index (χ1n) is 10.8. The molecule has 1 aliphatic heterocycles. The van der Waals surface area contributed by atoms with Gasteiger partial charge in [-0.05, 0) is 50.2 Å². The molecule has 2 aromatic carbocycles. The number of hydrogen-bond donors (Lipinski definition) is 1. The highest BCUT2D eigenvalue weighted by molar-refractivity contribution is 5.90. The number of hydrogen-bond acceptors (Lipinski definition) is 6. The fourth-order valence-electron chi connectivity index (χ4n) is 4.38. The second kappa shape index (κ2) is 7.63. The first-order valence-corrected chi connectivity index (χ1v) is 10.8. The molecule has 5 aromatic rings. The molecule has 0 bridgehead atoms. The maximum atomic E-state index is 5.52. The first kappa shape index (κ1) is 18.3. The van der Waals surface area contributed by atoms with Crippen molar-refractivity contribution in [2.45, 2.75) is 25.8 Å². The van der Waals surface area contributed by atoms with Crippen molar-refractivity contribution in [3.63, 3.8) is 0 Å². The van der Waals surface area contributed by atoms with Crippen LogP contribution < -0.4 is 0 Å². The van der Waals surface area contributed by atoms with Crippen LogP contribution in [0.2, 0.25) is 0 Å². The van der Waals surface area contributed by atoms with E-state index in [0.717, 1.165) is 40.6 Å². The average molecular weight is 413 g/mol. The minimum atomic E-state index is 0.402. The Labute approximate surface area is 178 Å². The summed E-state index contributed by atoms with van der Waals surface area (Å²) >= 11 is 0. The number of rotatable bonds is 5. The lowest BCUT2D eigenvalue weighted by atomic mass is 10.1. The van der Waals surface area contributed by atoms with Crippen LogP contribution in [0.4, 0.5) is 0 Å². The number of aromatic amines is 1. The maximum absolute atomic E-state index is 5.52. The van der Waals surface area contributed by atoms with Crippen molar-refractivity contribution < 1.29 is 4.52 Å². The lowest BCUT2D eigenvalue weighted by Gasteiger charge is -2.26. The SMILES string of the molecule is c1ccc2c(-c3nc(-c4ccc5c(c4)ncn5CCN4CCCCC4)no3)n[nH]c2c1. The normalized spacial score (nSPS) is 15.2. The molecule has 3 aromatic heterocycles. The van der Waals surface area contributed by atoms with Gasteiger partial charge in [-0.25, -0.2) is 4.98 Å². The molecule has 1 aliphatic rings. The number of benzene rings is 2. The highest BCUT2D eigenvalue weighted by Crippen LogP contribution is 2.28. The predicted octanol–water partition coefficient (Wildman–Crippen LogP) is 4.12. The summed E-state index contributed by atoms with van der Waals surface area (Å²) in [5.74, 6) is 0.937. The van der Waals surface area contributed by atoms with Crippen LogP contribution >= 0.6 is 0 Å². The van der Waals surface area contributed by atoms with Crippen molar-refractivity contribution in [1.29, 1.82) is 0 Å². The van der Waals surface area contributed by atoms with E-state index in [0.29, 0.717) is 17.4 Å². The molecule has 0 aliphatic carbocycles. The Morgan fingerprint density at radius 2 is 1.90 bits per heavy atom. The number of H-pyrrole nitrogens is 1. The molecule has 156 valence electrons.